The largest absolute Gasteiger partial charge is 0.452 e. The molecule has 0 aliphatic carbocycles. The van der Waals surface area contributed by atoms with Gasteiger partial charge in [-0.1, -0.05) is 6.92 Å². The highest BCUT2D eigenvalue weighted by molar-refractivity contribution is 6.18. The van der Waals surface area contributed by atoms with Crippen LogP contribution in [0.5, 0.6) is 0 Å². The highest BCUT2D eigenvalue weighted by Gasteiger charge is 2.62. The number of nitrogen functional groups attached to an aromatic ring is 1. The molecule has 4 atom stereocenters. The third kappa shape index (κ3) is 4.50. The van der Waals surface area contributed by atoms with Gasteiger partial charge in [0.1, 0.15) is 0 Å². The molecule has 1 fully saturated rings. The molecule has 2 heterocycles. The number of halogens is 3. The van der Waals surface area contributed by atoms with E-state index in [1.807, 2.05) is 0 Å². The fourth-order valence-electron chi connectivity index (χ4n) is 2.49. The van der Waals surface area contributed by atoms with Crippen LogP contribution in [0.2, 0.25) is 0 Å². The van der Waals surface area contributed by atoms with E-state index in [4.69, 9.17) is 31.5 Å². The number of carbonyl (C=O) groups is 2. The molecular weight excluding hydrogens is 416 g/mol. The molecule has 0 spiro atoms. The molecule has 0 bridgehead atoms. The van der Waals surface area contributed by atoms with E-state index in [9.17, 15) is 18.8 Å². The van der Waals surface area contributed by atoms with Crippen molar-refractivity contribution in [1.29, 1.82) is 0 Å². The number of anilines is 1. The van der Waals surface area contributed by atoms with Crippen molar-refractivity contribution in [2.75, 3.05) is 11.6 Å². The second-order valence-electron chi connectivity index (χ2n) is 7.47. The number of rotatable bonds is 5. The standard InChI is InChI=1S/C17H22ClF2N3O6/c1-5-9(24)27-11-10(20)13(23-6-8(19)12(21)22-15(23)26)28-17(11,7-18)29-14(25)16(2,3)4/h6,10-11,13H,5,7H2,1-4H3,(H2,21,22,26)/t10-,11-,13+,17-/m0/s1. The number of nitrogens with zero attached hydrogens (tertiary/aromatic N) is 2. The number of alkyl halides is 2. The van der Waals surface area contributed by atoms with Gasteiger partial charge in [-0.25, -0.2) is 13.6 Å². The number of nitrogens with two attached hydrogens (primary N) is 1. The fraction of sp³-hybridized carbons (Fsp3) is 0.647. The van der Waals surface area contributed by atoms with Crippen LogP contribution in [0, 0.1) is 11.2 Å². The maximum atomic E-state index is 15.3. The molecule has 0 radical (unpaired) electrons. The summed E-state index contributed by atoms with van der Waals surface area (Å²) >= 11 is 5.94. The number of hydrogen-bond donors (Lipinski definition) is 1. The summed E-state index contributed by atoms with van der Waals surface area (Å²) in [6.07, 6.45) is -5.41. The normalized spacial score (nSPS) is 26.9. The number of ether oxygens (including phenoxy) is 3. The second-order valence-corrected chi connectivity index (χ2v) is 7.73. The fourth-order valence-corrected chi connectivity index (χ4v) is 2.76. The van der Waals surface area contributed by atoms with E-state index in [0.717, 1.165) is 0 Å². The topological polar surface area (TPSA) is 123 Å². The minimum absolute atomic E-state index is 0.114. The molecule has 2 rings (SSSR count). The van der Waals surface area contributed by atoms with Gasteiger partial charge in [0.2, 0.25) is 6.10 Å². The summed E-state index contributed by atoms with van der Waals surface area (Å²) in [6, 6.07) is 0. The van der Waals surface area contributed by atoms with E-state index in [1.54, 1.807) is 0 Å². The van der Waals surface area contributed by atoms with Crippen LogP contribution in [0.25, 0.3) is 0 Å². The van der Waals surface area contributed by atoms with Crippen LogP contribution in [0.1, 0.15) is 40.3 Å². The molecule has 1 aromatic rings. The van der Waals surface area contributed by atoms with Crippen LogP contribution >= 0.6 is 11.6 Å². The maximum absolute atomic E-state index is 15.3. The zero-order valence-corrected chi connectivity index (χ0v) is 17.0. The Bertz CT molecular complexity index is 859. The molecule has 1 aliphatic rings. The molecule has 1 saturated heterocycles. The van der Waals surface area contributed by atoms with Crippen molar-refractivity contribution in [2.45, 2.75) is 58.4 Å². The van der Waals surface area contributed by atoms with Crippen molar-refractivity contribution in [3.63, 3.8) is 0 Å². The first kappa shape index (κ1) is 23.0. The van der Waals surface area contributed by atoms with E-state index in [2.05, 4.69) is 4.98 Å². The Balaban J connectivity index is 2.53. The van der Waals surface area contributed by atoms with Gasteiger partial charge in [0.25, 0.3) is 5.79 Å². The second kappa shape index (κ2) is 8.23. The lowest BCUT2D eigenvalue weighted by Gasteiger charge is -2.33. The highest BCUT2D eigenvalue weighted by atomic mass is 35.5. The molecule has 1 aliphatic heterocycles. The van der Waals surface area contributed by atoms with Crippen molar-refractivity contribution < 1.29 is 32.6 Å². The quantitative estimate of drug-likeness (QED) is 0.545. The minimum atomic E-state index is -2.25. The molecule has 0 amide bonds. The molecule has 29 heavy (non-hydrogen) atoms. The summed E-state index contributed by atoms with van der Waals surface area (Å²) in [5.41, 5.74) is 3.08. The zero-order valence-electron chi connectivity index (χ0n) is 16.3. The van der Waals surface area contributed by atoms with Crippen LogP contribution in [0.15, 0.2) is 11.0 Å². The van der Waals surface area contributed by atoms with Crippen LogP contribution in [0.3, 0.4) is 0 Å². The summed E-state index contributed by atoms with van der Waals surface area (Å²) in [5.74, 6) is -6.31. The number of hydrogen-bond acceptors (Lipinski definition) is 8. The maximum Gasteiger partial charge on any atom is 0.351 e. The average molecular weight is 438 g/mol. The van der Waals surface area contributed by atoms with Crippen molar-refractivity contribution >= 4 is 29.4 Å². The van der Waals surface area contributed by atoms with E-state index in [-0.39, 0.29) is 6.42 Å². The van der Waals surface area contributed by atoms with Gasteiger partial charge < -0.3 is 19.9 Å². The summed E-state index contributed by atoms with van der Waals surface area (Å²) in [6.45, 7) is 6.07. The average Bonchev–Trinajstić information content (AvgIpc) is 2.90. The summed E-state index contributed by atoms with van der Waals surface area (Å²) < 4.78 is 45.5. The van der Waals surface area contributed by atoms with Gasteiger partial charge in [0.05, 0.1) is 17.5 Å². The number of esters is 2. The van der Waals surface area contributed by atoms with Crippen molar-refractivity contribution in [3.05, 3.63) is 22.5 Å². The molecule has 9 nitrogen and oxygen atoms in total. The predicted molar refractivity (Wildman–Crippen MR) is 97.1 cm³/mol. The van der Waals surface area contributed by atoms with Crippen LogP contribution in [0.4, 0.5) is 14.6 Å². The Morgan fingerprint density at radius 2 is 2.07 bits per heavy atom. The van der Waals surface area contributed by atoms with Gasteiger partial charge in [-0.05, 0) is 20.8 Å². The predicted octanol–water partition coefficient (Wildman–Crippen LogP) is 1.68. The van der Waals surface area contributed by atoms with E-state index in [1.165, 1.54) is 27.7 Å². The zero-order chi connectivity index (χ0) is 22.1. The Labute approximate surface area is 170 Å². The molecule has 0 saturated carbocycles. The number of aromatic nitrogens is 2. The lowest BCUT2D eigenvalue weighted by molar-refractivity contribution is -0.254. The molecule has 1 aromatic heterocycles. The van der Waals surface area contributed by atoms with Gasteiger partial charge >= 0.3 is 17.6 Å². The summed E-state index contributed by atoms with van der Waals surface area (Å²) in [5, 5.41) is 0. The monoisotopic (exact) mass is 437 g/mol. The third-order valence-corrected chi connectivity index (χ3v) is 4.51. The summed E-state index contributed by atoms with van der Waals surface area (Å²) in [7, 11) is 0. The van der Waals surface area contributed by atoms with Crippen molar-refractivity contribution in [2.24, 2.45) is 5.41 Å². The first-order chi connectivity index (χ1) is 13.4. The van der Waals surface area contributed by atoms with E-state index in [0.29, 0.717) is 10.8 Å². The molecule has 12 heteroatoms. The lowest BCUT2D eigenvalue weighted by atomic mass is 9.97. The Morgan fingerprint density at radius 3 is 2.59 bits per heavy atom. The molecule has 162 valence electrons. The third-order valence-electron chi connectivity index (χ3n) is 4.13. The molecule has 0 aromatic carbocycles. The Kier molecular flexibility index (Phi) is 6.53. The lowest BCUT2D eigenvalue weighted by Crippen LogP contribution is -2.51. The van der Waals surface area contributed by atoms with Crippen LogP contribution in [-0.2, 0) is 23.8 Å². The van der Waals surface area contributed by atoms with Gasteiger partial charge in [-0.3, -0.25) is 14.2 Å². The van der Waals surface area contributed by atoms with Crippen molar-refractivity contribution in [1.82, 2.24) is 9.55 Å². The van der Waals surface area contributed by atoms with Crippen LogP contribution < -0.4 is 11.4 Å². The van der Waals surface area contributed by atoms with E-state index >= 15 is 4.39 Å². The van der Waals surface area contributed by atoms with Crippen LogP contribution in [-0.4, -0.2) is 45.4 Å². The van der Waals surface area contributed by atoms with Gasteiger partial charge in [-0.15, -0.1) is 11.6 Å². The van der Waals surface area contributed by atoms with Gasteiger partial charge in [-0.2, -0.15) is 4.98 Å². The first-order valence-corrected chi connectivity index (χ1v) is 9.24. The van der Waals surface area contributed by atoms with Crippen molar-refractivity contribution in [3.8, 4) is 0 Å². The van der Waals surface area contributed by atoms with Gasteiger partial charge in [0.15, 0.2) is 24.0 Å². The molecule has 0 unspecified atom stereocenters. The number of carbonyl (C=O) groups excluding carboxylic acids is 2. The van der Waals surface area contributed by atoms with E-state index < -0.39 is 64.8 Å². The first-order valence-electron chi connectivity index (χ1n) is 8.71. The highest BCUT2D eigenvalue weighted by Crippen LogP contribution is 2.43. The summed E-state index contributed by atoms with van der Waals surface area (Å²) in [4.78, 5) is 39.6. The molecular formula is C17H22ClF2N3O6. The van der Waals surface area contributed by atoms with Gasteiger partial charge in [0, 0.05) is 6.42 Å². The Morgan fingerprint density at radius 1 is 1.45 bits per heavy atom. The smallest absolute Gasteiger partial charge is 0.351 e. The Hall–Kier alpha value is -2.27. The molecule has 2 N–H and O–H groups in total. The minimum Gasteiger partial charge on any atom is -0.452 e. The SMILES string of the molecule is CCC(=O)O[C@H]1[C@H](F)[C@H](n2cc(F)c(N)nc2=O)O[C@@]1(CCl)OC(=O)C(C)(C)C.